The fourth-order valence-electron chi connectivity index (χ4n) is 2.41. The smallest absolute Gasteiger partial charge is 0.232 e. The van der Waals surface area contributed by atoms with E-state index in [2.05, 4.69) is 25.6 Å². The molecule has 0 aliphatic carbocycles. The molecule has 0 bridgehead atoms. The molecule has 3 rings (SSSR count). The Balaban J connectivity index is 1.86. The maximum atomic E-state index is 13.8. The number of nitrogens with zero attached hydrogens (tertiary/aromatic N) is 3. The van der Waals surface area contributed by atoms with Crippen LogP contribution in [0.4, 0.5) is 32.1 Å². The number of methoxy groups -OCH3 is 3. The molecule has 2 N–H and O–H groups in total. The van der Waals surface area contributed by atoms with Crippen molar-refractivity contribution in [1.82, 2.24) is 15.0 Å². The molecule has 0 aliphatic heterocycles. The van der Waals surface area contributed by atoms with Crippen LogP contribution in [0.5, 0.6) is 17.2 Å². The third-order valence-electron chi connectivity index (χ3n) is 3.67. The van der Waals surface area contributed by atoms with Crippen molar-refractivity contribution in [3.63, 3.8) is 0 Å². The lowest BCUT2D eigenvalue weighted by Crippen LogP contribution is -2.04. The van der Waals surface area contributed by atoms with Gasteiger partial charge >= 0.3 is 0 Å². The van der Waals surface area contributed by atoms with Gasteiger partial charge in [0.15, 0.2) is 11.5 Å². The summed E-state index contributed by atoms with van der Waals surface area (Å²) in [4.78, 5) is 12.1. The SMILES string of the molecule is COc1cc(Nc2ncnc(Nc3cc(F)ccc3F)n2)cc(OC)c1OC. The Morgan fingerprint density at radius 1 is 0.821 bits per heavy atom. The first-order valence-corrected chi connectivity index (χ1v) is 8.02. The predicted octanol–water partition coefficient (Wildman–Crippen LogP) is 3.66. The van der Waals surface area contributed by atoms with Gasteiger partial charge in [-0.25, -0.2) is 18.7 Å². The number of anilines is 4. The molecule has 0 unspecified atom stereocenters. The zero-order valence-corrected chi connectivity index (χ0v) is 15.3. The Labute approximate surface area is 159 Å². The van der Waals surface area contributed by atoms with Gasteiger partial charge in [-0.2, -0.15) is 4.98 Å². The van der Waals surface area contributed by atoms with Gasteiger partial charge in [0.05, 0.1) is 27.0 Å². The summed E-state index contributed by atoms with van der Waals surface area (Å²) in [5.41, 5.74) is 0.466. The van der Waals surface area contributed by atoms with Gasteiger partial charge in [0.25, 0.3) is 0 Å². The van der Waals surface area contributed by atoms with Crippen LogP contribution in [0.3, 0.4) is 0 Å². The highest BCUT2D eigenvalue weighted by atomic mass is 19.1. The number of aromatic nitrogens is 3. The molecular formula is C18H17F2N5O3. The molecule has 3 aromatic rings. The topological polar surface area (TPSA) is 90.4 Å². The van der Waals surface area contributed by atoms with Gasteiger partial charge in [-0.3, -0.25) is 0 Å². The molecule has 0 saturated heterocycles. The van der Waals surface area contributed by atoms with Crippen molar-refractivity contribution < 1.29 is 23.0 Å². The van der Waals surface area contributed by atoms with Crippen LogP contribution in [0.15, 0.2) is 36.7 Å². The van der Waals surface area contributed by atoms with E-state index < -0.39 is 11.6 Å². The number of hydrogen-bond acceptors (Lipinski definition) is 8. The van der Waals surface area contributed by atoms with E-state index in [1.165, 1.54) is 27.7 Å². The lowest BCUT2D eigenvalue weighted by molar-refractivity contribution is 0.324. The summed E-state index contributed by atoms with van der Waals surface area (Å²) < 4.78 is 43.0. The minimum atomic E-state index is -0.638. The van der Waals surface area contributed by atoms with Gasteiger partial charge in [0, 0.05) is 23.9 Å². The Bertz CT molecular complexity index is 962. The molecule has 0 aliphatic rings. The van der Waals surface area contributed by atoms with Crippen molar-refractivity contribution in [3.8, 4) is 17.2 Å². The second kappa shape index (κ2) is 8.33. The van der Waals surface area contributed by atoms with E-state index in [1.54, 1.807) is 12.1 Å². The summed E-state index contributed by atoms with van der Waals surface area (Å²) in [6, 6.07) is 6.37. The van der Waals surface area contributed by atoms with Crippen molar-refractivity contribution in [2.45, 2.75) is 0 Å². The molecular weight excluding hydrogens is 372 g/mol. The van der Waals surface area contributed by atoms with Crippen LogP contribution in [0, 0.1) is 11.6 Å². The monoisotopic (exact) mass is 389 g/mol. The number of nitrogens with one attached hydrogen (secondary N) is 2. The summed E-state index contributed by atoms with van der Waals surface area (Å²) in [7, 11) is 4.50. The summed E-state index contributed by atoms with van der Waals surface area (Å²) in [6.45, 7) is 0. The van der Waals surface area contributed by atoms with Crippen LogP contribution >= 0.6 is 0 Å². The molecule has 28 heavy (non-hydrogen) atoms. The first kappa shape index (κ1) is 19.1. The molecule has 2 aromatic carbocycles. The summed E-state index contributed by atoms with van der Waals surface area (Å²) in [5, 5.41) is 5.59. The minimum absolute atomic E-state index is 0.0365. The molecule has 0 amide bonds. The highest BCUT2D eigenvalue weighted by Crippen LogP contribution is 2.40. The Hall–Kier alpha value is -3.69. The van der Waals surface area contributed by atoms with Crippen LogP contribution in [-0.4, -0.2) is 36.3 Å². The summed E-state index contributed by atoms with van der Waals surface area (Å²) >= 11 is 0. The van der Waals surface area contributed by atoms with Crippen LogP contribution in [0.2, 0.25) is 0 Å². The molecule has 146 valence electrons. The maximum Gasteiger partial charge on any atom is 0.232 e. The lowest BCUT2D eigenvalue weighted by Gasteiger charge is -2.14. The first-order chi connectivity index (χ1) is 13.5. The Morgan fingerprint density at radius 2 is 1.46 bits per heavy atom. The molecule has 0 fully saturated rings. The number of halogens is 2. The van der Waals surface area contributed by atoms with Gasteiger partial charge in [-0.15, -0.1) is 0 Å². The van der Waals surface area contributed by atoms with Crippen molar-refractivity contribution in [2.24, 2.45) is 0 Å². The third-order valence-corrected chi connectivity index (χ3v) is 3.67. The fourth-order valence-corrected chi connectivity index (χ4v) is 2.41. The van der Waals surface area contributed by atoms with E-state index in [-0.39, 0.29) is 17.6 Å². The van der Waals surface area contributed by atoms with Gasteiger partial charge < -0.3 is 24.8 Å². The summed E-state index contributed by atoms with van der Waals surface area (Å²) in [6.07, 6.45) is 1.23. The highest BCUT2D eigenvalue weighted by Gasteiger charge is 2.14. The normalized spacial score (nSPS) is 10.3. The third kappa shape index (κ3) is 4.17. The minimum Gasteiger partial charge on any atom is -0.493 e. The number of hydrogen-bond donors (Lipinski definition) is 2. The maximum absolute atomic E-state index is 13.8. The standard InChI is InChI=1S/C18H17F2N5O3/c1-26-14-7-11(8-15(27-2)16(14)28-3)23-17-21-9-22-18(25-17)24-13-6-10(19)4-5-12(13)20/h4-9H,1-3H3,(H2,21,22,23,24,25). The predicted molar refractivity (Wildman–Crippen MR) is 98.8 cm³/mol. The largest absolute Gasteiger partial charge is 0.493 e. The zero-order valence-electron chi connectivity index (χ0n) is 15.3. The van der Waals surface area contributed by atoms with Gasteiger partial charge in [0.1, 0.15) is 18.0 Å². The van der Waals surface area contributed by atoms with Crippen LogP contribution < -0.4 is 24.8 Å². The van der Waals surface area contributed by atoms with Crippen LogP contribution in [-0.2, 0) is 0 Å². The average molecular weight is 389 g/mol. The number of ether oxygens (including phenoxy) is 3. The first-order valence-electron chi connectivity index (χ1n) is 8.02. The molecule has 0 radical (unpaired) electrons. The van der Waals surface area contributed by atoms with E-state index in [0.717, 1.165) is 18.2 Å². The van der Waals surface area contributed by atoms with Crippen LogP contribution in [0.1, 0.15) is 0 Å². The van der Waals surface area contributed by atoms with E-state index in [1.807, 2.05) is 0 Å². The fraction of sp³-hybridized carbons (Fsp3) is 0.167. The molecule has 1 aromatic heterocycles. The van der Waals surface area contributed by atoms with E-state index in [4.69, 9.17) is 14.2 Å². The summed E-state index contributed by atoms with van der Waals surface area (Å²) in [5.74, 6) is 0.306. The molecule has 0 atom stereocenters. The number of benzene rings is 2. The van der Waals surface area contributed by atoms with E-state index in [0.29, 0.717) is 22.9 Å². The quantitative estimate of drug-likeness (QED) is 0.633. The van der Waals surface area contributed by atoms with E-state index >= 15 is 0 Å². The van der Waals surface area contributed by atoms with Gasteiger partial charge in [-0.1, -0.05) is 0 Å². The molecule has 10 heteroatoms. The van der Waals surface area contributed by atoms with Crippen molar-refractivity contribution >= 4 is 23.3 Å². The van der Waals surface area contributed by atoms with Crippen molar-refractivity contribution in [2.75, 3.05) is 32.0 Å². The second-order valence-corrected chi connectivity index (χ2v) is 5.42. The average Bonchev–Trinajstić information content (AvgIpc) is 2.70. The molecule has 8 nitrogen and oxygen atoms in total. The Kier molecular flexibility index (Phi) is 5.68. The Morgan fingerprint density at radius 3 is 2.07 bits per heavy atom. The van der Waals surface area contributed by atoms with Gasteiger partial charge in [-0.05, 0) is 12.1 Å². The molecule has 1 heterocycles. The van der Waals surface area contributed by atoms with Gasteiger partial charge in [0.2, 0.25) is 17.6 Å². The van der Waals surface area contributed by atoms with Crippen molar-refractivity contribution in [3.05, 3.63) is 48.3 Å². The van der Waals surface area contributed by atoms with Crippen LogP contribution in [0.25, 0.3) is 0 Å². The van der Waals surface area contributed by atoms with Crippen molar-refractivity contribution in [1.29, 1.82) is 0 Å². The molecule has 0 spiro atoms. The number of rotatable bonds is 7. The second-order valence-electron chi connectivity index (χ2n) is 5.42. The highest BCUT2D eigenvalue weighted by molar-refractivity contribution is 5.66. The lowest BCUT2D eigenvalue weighted by atomic mass is 10.2. The molecule has 0 saturated carbocycles. The zero-order chi connectivity index (χ0) is 20.1. The van der Waals surface area contributed by atoms with E-state index in [9.17, 15) is 8.78 Å².